The number of nitrogens with zero attached hydrogens (tertiary/aromatic N) is 1. The molecule has 0 unspecified atom stereocenters. The number of halogens is 4. The van der Waals surface area contributed by atoms with E-state index in [0.717, 1.165) is 5.56 Å². The molecule has 1 heterocycles. The van der Waals surface area contributed by atoms with Gasteiger partial charge in [-0.05, 0) is 61.0 Å². The highest BCUT2D eigenvalue weighted by molar-refractivity contribution is 6.36. The zero-order valence-corrected chi connectivity index (χ0v) is 24.1. The van der Waals surface area contributed by atoms with E-state index in [2.05, 4.69) is 15.8 Å². The van der Waals surface area contributed by atoms with Gasteiger partial charge in [0.2, 0.25) is 0 Å². The van der Waals surface area contributed by atoms with Crippen molar-refractivity contribution >= 4 is 64.4 Å². The van der Waals surface area contributed by atoms with E-state index in [9.17, 15) is 9.59 Å². The Bertz CT molecular complexity index is 1520. The minimum absolute atomic E-state index is 0.225. The number of hydrogen-bond acceptors (Lipinski definition) is 5. The molecule has 11 heteroatoms. The Morgan fingerprint density at radius 1 is 0.900 bits per heavy atom. The number of benzene rings is 3. The molecular formula is C29H23Cl4N3O4. The molecule has 1 aromatic heterocycles. The second-order valence-electron chi connectivity index (χ2n) is 8.65. The number of amides is 2. The van der Waals surface area contributed by atoms with Crippen molar-refractivity contribution in [3.05, 3.63) is 110 Å². The van der Waals surface area contributed by atoms with Gasteiger partial charge in [-0.15, -0.1) is 0 Å². The number of hydrogen-bond donors (Lipinski definition) is 2. The number of carbonyl (C=O) groups is 2. The van der Waals surface area contributed by atoms with Crippen LogP contribution in [-0.4, -0.2) is 30.2 Å². The number of nitrogens with one attached hydrogen (secondary N) is 2. The second kappa shape index (κ2) is 13.7. The molecule has 2 atom stereocenters. The van der Waals surface area contributed by atoms with Gasteiger partial charge in [0.05, 0.1) is 16.3 Å². The van der Waals surface area contributed by atoms with Crippen LogP contribution in [0.2, 0.25) is 20.1 Å². The molecule has 0 fully saturated rings. The maximum absolute atomic E-state index is 13.1. The minimum atomic E-state index is -0.950. The van der Waals surface area contributed by atoms with E-state index in [-0.39, 0.29) is 11.4 Å². The summed E-state index contributed by atoms with van der Waals surface area (Å²) in [6.45, 7) is 1.55. The molecule has 0 bridgehead atoms. The molecule has 2 N–H and O–H groups in total. The molecule has 0 spiro atoms. The molecule has 0 aliphatic carbocycles. The lowest BCUT2D eigenvalue weighted by Crippen LogP contribution is -2.50. The highest BCUT2D eigenvalue weighted by Gasteiger charge is 2.25. The Morgan fingerprint density at radius 3 is 2.30 bits per heavy atom. The molecule has 0 saturated carbocycles. The third kappa shape index (κ3) is 8.02. The zero-order chi connectivity index (χ0) is 28.6. The summed E-state index contributed by atoms with van der Waals surface area (Å²) in [7, 11) is 0. The maximum atomic E-state index is 13.1. The number of rotatable bonds is 10. The molecule has 0 aliphatic heterocycles. The molecule has 0 aliphatic rings. The summed E-state index contributed by atoms with van der Waals surface area (Å²) < 4.78 is 11.5. The summed E-state index contributed by atoms with van der Waals surface area (Å²) in [4.78, 5) is 26.0. The monoisotopic (exact) mass is 617 g/mol. The van der Waals surface area contributed by atoms with Crippen LogP contribution in [0.4, 0.5) is 0 Å². The van der Waals surface area contributed by atoms with Gasteiger partial charge in [0.15, 0.2) is 6.10 Å². The predicted octanol–water partition coefficient (Wildman–Crippen LogP) is 7.21. The molecule has 40 heavy (non-hydrogen) atoms. The first kappa shape index (κ1) is 29.5. The lowest BCUT2D eigenvalue weighted by molar-refractivity contribution is -0.132. The smallest absolute Gasteiger partial charge is 0.262 e. The first-order chi connectivity index (χ1) is 19.2. The van der Waals surface area contributed by atoms with E-state index < -0.39 is 24.0 Å². The first-order valence-electron chi connectivity index (χ1n) is 12.0. The van der Waals surface area contributed by atoms with Gasteiger partial charge in [-0.1, -0.05) is 76.7 Å². The van der Waals surface area contributed by atoms with Crippen LogP contribution in [0.25, 0.3) is 11.3 Å². The van der Waals surface area contributed by atoms with Crippen molar-refractivity contribution in [3.63, 3.8) is 0 Å². The highest BCUT2D eigenvalue weighted by atomic mass is 35.5. The van der Waals surface area contributed by atoms with Gasteiger partial charge in [-0.3, -0.25) is 9.59 Å². The summed E-state index contributed by atoms with van der Waals surface area (Å²) in [6, 6.07) is 21.5. The lowest BCUT2D eigenvalue weighted by atomic mass is 10.1. The fourth-order valence-corrected chi connectivity index (χ4v) is 4.61. The Hall–Kier alpha value is -3.49. The number of ether oxygens (including phenoxy) is 1. The Kier molecular flexibility index (Phi) is 10.1. The van der Waals surface area contributed by atoms with Crippen LogP contribution in [0.3, 0.4) is 0 Å². The zero-order valence-electron chi connectivity index (χ0n) is 21.0. The molecule has 4 aromatic rings. The van der Waals surface area contributed by atoms with Crippen LogP contribution in [-0.2, 0) is 16.0 Å². The average Bonchev–Trinajstić information content (AvgIpc) is 3.38. The fourth-order valence-electron chi connectivity index (χ4n) is 3.66. The normalized spacial score (nSPS) is 12.6. The van der Waals surface area contributed by atoms with E-state index in [4.69, 9.17) is 55.6 Å². The molecule has 0 saturated heterocycles. The number of hydrazone groups is 1. The largest absolute Gasteiger partial charge is 0.479 e. The predicted molar refractivity (Wildman–Crippen MR) is 159 cm³/mol. The van der Waals surface area contributed by atoms with Gasteiger partial charge in [-0.2, -0.15) is 5.10 Å². The number of carbonyl (C=O) groups excluding carboxylic acids is 2. The summed E-state index contributed by atoms with van der Waals surface area (Å²) in [5, 5.41) is 8.39. The van der Waals surface area contributed by atoms with E-state index in [1.807, 2.05) is 30.3 Å². The Morgan fingerprint density at radius 2 is 1.60 bits per heavy atom. The average molecular weight is 619 g/mol. The van der Waals surface area contributed by atoms with Crippen molar-refractivity contribution in [2.75, 3.05) is 0 Å². The van der Waals surface area contributed by atoms with Crippen LogP contribution in [0.15, 0.2) is 88.4 Å². The standard InChI is InChI=1S/C29H23Cl4N3O4/c1-17(39-27-11-8-20(31)15-24(27)33)28(37)35-25(13-18-5-3-2-4-6-18)29(38)36-34-16-21-9-12-26(40-21)22-10-7-19(30)14-23(22)32/h2-12,14-17,25H,13H2,1H3,(H,35,37)(H,36,38)/b34-16-/t17-,25+/m1/s1. The lowest BCUT2D eigenvalue weighted by Gasteiger charge is -2.21. The topological polar surface area (TPSA) is 92.9 Å². The molecule has 0 radical (unpaired) electrons. The van der Waals surface area contributed by atoms with Gasteiger partial charge in [0, 0.05) is 22.0 Å². The summed E-state index contributed by atoms with van der Waals surface area (Å²) in [5.41, 5.74) is 3.97. The molecule has 206 valence electrons. The van der Waals surface area contributed by atoms with Crippen molar-refractivity contribution in [3.8, 4) is 17.1 Å². The fraction of sp³-hybridized carbons (Fsp3) is 0.138. The SMILES string of the molecule is C[C@@H](Oc1ccc(Cl)cc1Cl)C(=O)N[C@@H](Cc1ccccc1)C(=O)N/N=C\c1ccc(-c2ccc(Cl)cc2Cl)o1. The first-order valence-corrected chi connectivity index (χ1v) is 13.5. The Labute approximate surface area is 251 Å². The van der Waals surface area contributed by atoms with E-state index in [0.29, 0.717) is 37.9 Å². The van der Waals surface area contributed by atoms with Gasteiger partial charge >= 0.3 is 0 Å². The van der Waals surface area contributed by atoms with Gasteiger partial charge in [0.25, 0.3) is 11.8 Å². The summed E-state index contributed by atoms with van der Waals surface area (Å²) in [5.74, 6) is 0.143. The second-order valence-corrected chi connectivity index (χ2v) is 10.3. The summed E-state index contributed by atoms with van der Waals surface area (Å²) >= 11 is 24.3. The van der Waals surface area contributed by atoms with Crippen molar-refractivity contribution < 1.29 is 18.7 Å². The van der Waals surface area contributed by atoms with Crippen LogP contribution in [0, 0.1) is 0 Å². The van der Waals surface area contributed by atoms with Gasteiger partial charge in [-0.25, -0.2) is 5.43 Å². The Balaban J connectivity index is 1.42. The van der Waals surface area contributed by atoms with Crippen molar-refractivity contribution in [2.24, 2.45) is 5.10 Å². The molecule has 3 aromatic carbocycles. The quantitative estimate of drug-likeness (QED) is 0.145. The van der Waals surface area contributed by atoms with E-state index >= 15 is 0 Å². The van der Waals surface area contributed by atoms with Crippen LogP contribution in [0.5, 0.6) is 5.75 Å². The minimum Gasteiger partial charge on any atom is -0.479 e. The van der Waals surface area contributed by atoms with Crippen LogP contribution in [0.1, 0.15) is 18.2 Å². The summed E-state index contributed by atoms with van der Waals surface area (Å²) in [6.07, 6.45) is 0.623. The van der Waals surface area contributed by atoms with E-state index in [1.165, 1.54) is 12.3 Å². The molecule has 7 nitrogen and oxygen atoms in total. The highest BCUT2D eigenvalue weighted by Crippen LogP contribution is 2.31. The third-order valence-electron chi connectivity index (χ3n) is 5.67. The van der Waals surface area contributed by atoms with Crippen molar-refractivity contribution in [2.45, 2.75) is 25.5 Å². The third-order valence-corrected chi connectivity index (χ3v) is 6.75. The van der Waals surface area contributed by atoms with Gasteiger partial charge < -0.3 is 14.5 Å². The van der Waals surface area contributed by atoms with Crippen LogP contribution >= 0.6 is 46.4 Å². The number of furan rings is 1. The molecule has 4 rings (SSSR count). The molecule has 2 amide bonds. The van der Waals surface area contributed by atoms with Gasteiger partial charge in [0.1, 0.15) is 23.3 Å². The van der Waals surface area contributed by atoms with Crippen LogP contribution < -0.4 is 15.5 Å². The van der Waals surface area contributed by atoms with Crippen molar-refractivity contribution in [1.29, 1.82) is 0 Å². The van der Waals surface area contributed by atoms with E-state index in [1.54, 1.807) is 49.4 Å². The maximum Gasteiger partial charge on any atom is 0.262 e. The van der Waals surface area contributed by atoms with Crippen molar-refractivity contribution in [1.82, 2.24) is 10.7 Å². The molecular weight excluding hydrogens is 596 g/mol.